The van der Waals surface area contributed by atoms with Gasteiger partial charge in [-0.3, -0.25) is 19.8 Å². The van der Waals surface area contributed by atoms with Crippen molar-refractivity contribution < 1.29 is 19.1 Å². The molecule has 6 N–H and O–H groups in total. The second-order valence-electron chi connectivity index (χ2n) is 7.46. The van der Waals surface area contributed by atoms with Gasteiger partial charge in [-0.15, -0.1) is 24.8 Å². The molecule has 2 amide bonds. The number of nitrogens with two attached hydrogens (primary N) is 2. The molecule has 0 unspecified atom stereocenters. The van der Waals surface area contributed by atoms with Crippen LogP contribution >= 0.6 is 24.8 Å². The Morgan fingerprint density at radius 1 is 1.27 bits per heavy atom. The predicted molar refractivity (Wildman–Crippen MR) is 118 cm³/mol. The first-order chi connectivity index (χ1) is 13.3. The third-order valence-corrected chi connectivity index (χ3v) is 5.05. The SMILES string of the molecule is CCOC(=O)CN(C(=O)[C@@H](N)CC(=O)NC[C@@H]1CCCN(C(=N)N)C1)C1CC1.Cl.Cl. The highest BCUT2D eigenvalue weighted by Gasteiger charge is 2.36. The number of rotatable bonds is 9. The largest absolute Gasteiger partial charge is 0.465 e. The number of carbonyl (C=O) groups excluding carboxylic acids is 3. The molecule has 12 heteroatoms. The number of carbonyl (C=O) groups is 3. The minimum absolute atomic E-state index is 0. The van der Waals surface area contributed by atoms with Crippen molar-refractivity contribution in [2.75, 3.05) is 32.8 Å². The fourth-order valence-electron chi connectivity index (χ4n) is 3.40. The summed E-state index contributed by atoms with van der Waals surface area (Å²) in [6.45, 7) is 3.68. The van der Waals surface area contributed by atoms with Crippen molar-refractivity contribution in [3.8, 4) is 0 Å². The molecule has 10 nitrogen and oxygen atoms in total. The van der Waals surface area contributed by atoms with Gasteiger partial charge in [-0.25, -0.2) is 0 Å². The second-order valence-corrected chi connectivity index (χ2v) is 7.46. The molecule has 0 radical (unpaired) electrons. The lowest BCUT2D eigenvalue weighted by atomic mass is 9.98. The number of hydrogen-bond donors (Lipinski definition) is 4. The molecule has 0 aromatic carbocycles. The summed E-state index contributed by atoms with van der Waals surface area (Å²) >= 11 is 0. The Bertz CT molecular complexity index is 605. The van der Waals surface area contributed by atoms with E-state index in [1.807, 2.05) is 0 Å². The lowest BCUT2D eigenvalue weighted by Crippen LogP contribution is -2.49. The van der Waals surface area contributed by atoms with Gasteiger partial charge < -0.3 is 31.3 Å². The van der Waals surface area contributed by atoms with Crippen molar-refractivity contribution in [1.82, 2.24) is 15.1 Å². The van der Waals surface area contributed by atoms with Crippen LogP contribution in [0.4, 0.5) is 0 Å². The number of likely N-dealkylation sites (tertiary alicyclic amines) is 1. The molecular formula is C18H34Cl2N6O4. The van der Waals surface area contributed by atoms with Crippen molar-refractivity contribution in [3.63, 3.8) is 0 Å². The fraction of sp³-hybridized carbons (Fsp3) is 0.778. The Kier molecular flexibility index (Phi) is 12.7. The van der Waals surface area contributed by atoms with Crippen LogP contribution in [-0.2, 0) is 19.1 Å². The lowest BCUT2D eigenvalue weighted by molar-refractivity contribution is -0.149. The first kappa shape index (κ1) is 28.2. The Hall–Kier alpha value is -1.78. The average molecular weight is 469 g/mol. The van der Waals surface area contributed by atoms with Gasteiger partial charge in [0.05, 0.1) is 19.1 Å². The molecule has 174 valence electrons. The number of ether oxygens (including phenoxy) is 1. The van der Waals surface area contributed by atoms with Crippen LogP contribution in [0.15, 0.2) is 0 Å². The number of nitrogens with zero attached hydrogens (tertiary/aromatic N) is 2. The maximum atomic E-state index is 12.6. The quantitative estimate of drug-likeness (QED) is 0.207. The topological polar surface area (TPSA) is 155 Å². The van der Waals surface area contributed by atoms with Crippen LogP contribution in [0.25, 0.3) is 0 Å². The van der Waals surface area contributed by atoms with Gasteiger partial charge in [-0.1, -0.05) is 0 Å². The average Bonchev–Trinajstić information content (AvgIpc) is 3.49. The van der Waals surface area contributed by atoms with E-state index in [1.54, 1.807) is 11.8 Å². The zero-order valence-electron chi connectivity index (χ0n) is 17.3. The molecule has 1 saturated carbocycles. The molecule has 0 aromatic heterocycles. The number of piperidine rings is 1. The Balaban J connectivity index is 0.00000420. The number of hydrogen-bond acceptors (Lipinski definition) is 6. The Morgan fingerprint density at radius 3 is 2.50 bits per heavy atom. The van der Waals surface area contributed by atoms with E-state index < -0.39 is 17.9 Å². The Labute approximate surface area is 189 Å². The van der Waals surface area contributed by atoms with Crippen molar-refractivity contribution in [2.45, 2.75) is 51.1 Å². The highest BCUT2D eigenvalue weighted by atomic mass is 35.5. The summed E-state index contributed by atoms with van der Waals surface area (Å²) in [5, 5.41) is 10.3. The number of esters is 1. The van der Waals surface area contributed by atoms with E-state index >= 15 is 0 Å². The number of guanidine groups is 1. The summed E-state index contributed by atoms with van der Waals surface area (Å²) in [6.07, 6.45) is 3.40. The van der Waals surface area contributed by atoms with E-state index in [-0.39, 0.29) is 68.2 Å². The molecule has 0 bridgehead atoms. The van der Waals surface area contributed by atoms with Crippen LogP contribution in [0.3, 0.4) is 0 Å². The summed E-state index contributed by atoms with van der Waals surface area (Å²) < 4.78 is 4.91. The van der Waals surface area contributed by atoms with Crippen LogP contribution < -0.4 is 16.8 Å². The van der Waals surface area contributed by atoms with E-state index in [0.717, 1.165) is 32.2 Å². The molecule has 30 heavy (non-hydrogen) atoms. The maximum absolute atomic E-state index is 12.6. The van der Waals surface area contributed by atoms with E-state index in [0.29, 0.717) is 13.1 Å². The maximum Gasteiger partial charge on any atom is 0.325 e. The van der Waals surface area contributed by atoms with E-state index in [1.165, 1.54) is 4.90 Å². The van der Waals surface area contributed by atoms with Gasteiger partial charge in [-0.05, 0) is 38.5 Å². The minimum atomic E-state index is -0.991. The molecule has 2 rings (SSSR count). The number of amides is 2. The van der Waals surface area contributed by atoms with Crippen molar-refractivity contribution in [2.24, 2.45) is 17.4 Å². The van der Waals surface area contributed by atoms with Gasteiger partial charge in [-0.2, -0.15) is 0 Å². The molecule has 1 aliphatic heterocycles. The second kappa shape index (κ2) is 13.5. The van der Waals surface area contributed by atoms with E-state index in [4.69, 9.17) is 21.6 Å². The van der Waals surface area contributed by atoms with Gasteiger partial charge in [0, 0.05) is 25.7 Å². The van der Waals surface area contributed by atoms with Gasteiger partial charge in [0.15, 0.2) is 5.96 Å². The minimum Gasteiger partial charge on any atom is -0.465 e. The van der Waals surface area contributed by atoms with Gasteiger partial charge in [0.1, 0.15) is 6.54 Å². The highest BCUT2D eigenvalue weighted by Crippen LogP contribution is 2.27. The van der Waals surface area contributed by atoms with Crippen LogP contribution in [0, 0.1) is 11.3 Å². The first-order valence-corrected chi connectivity index (χ1v) is 9.89. The zero-order valence-corrected chi connectivity index (χ0v) is 18.9. The van der Waals surface area contributed by atoms with Crippen LogP contribution in [0.5, 0.6) is 0 Å². The first-order valence-electron chi connectivity index (χ1n) is 9.89. The van der Waals surface area contributed by atoms with Gasteiger partial charge in [0.25, 0.3) is 0 Å². The molecule has 0 spiro atoms. The van der Waals surface area contributed by atoms with E-state index in [9.17, 15) is 14.4 Å². The van der Waals surface area contributed by atoms with E-state index in [2.05, 4.69) is 5.32 Å². The zero-order chi connectivity index (χ0) is 20.7. The summed E-state index contributed by atoms with van der Waals surface area (Å²) in [4.78, 5) is 39.8. The predicted octanol–water partition coefficient (Wildman–Crippen LogP) is -0.177. The fourth-order valence-corrected chi connectivity index (χ4v) is 3.40. The molecule has 0 aromatic rings. The molecule has 2 aliphatic rings. The number of nitrogens with one attached hydrogen (secondary N) is 2. The molecular weight excluding hydrogens is 435 g/mol. The third kappa shape index (κ3) is 8.93. The van der Waals surface area contributed by atoms with Gasteiger partial charge >= 0.3 is 5.97 Å². The van der Waals surface area contributed by atoms with Gasteiger partial charge in [0.2, 0.25) is 11.8 Å². The molecule has 1 aliphatic carbocycles. The monoisotopic (exact) mass is 468 g/mol. The normalized spacial score (nSPS) is 18.9. The standard InChI is InChI=1S/C18H32N6O4.2ClH/c1-2-28-16(26)11-24(13-5-6-13)17(27)14(19)8-15(25)22-9-12-4-3-7-23(10-12)18(20)21;;/h12-14H,2-11,19H2,1H3,(H3,20,21)(H,22,25);2*1H/t12-,14-;;/m0../s1. The number of halogens is 2. The summed E-state index contributed by atoms with van der Waals surface area (Å²) in [5.74, 6) is -0.906. The smallest absolute Gasteiger partial charge is 0.325 e. The Morgan fingerprint density at radius 2 is 1.93 bits per heavy atom. The lowest BCUT2D eigenvalue weighted by Gasteiger charge is -2.33. The summed E-state index contributed by atoms with van der Waals surface area (Å²) in [5.41, 5.74) is 11.5. The molecule has 2 fully saturated rings. The third-order valence-electron chi connectivity index (χ3n) is 5.05. The van der Waals surface area contributed by atoms with Crippen LogP contribution in [-0.4, -0.2) is 78.4 Å². The van der Waals surface area contributed by atoms with Crippen LogP contribution in [0.2, 0.25) is 0 Å². The molecule has 1 heterocycles. The molecule has 2 atom stereocenters. The van der Waals surface area contributed by atoms with Crippen LogP contribution in [0.1, 0.15) is 39.0 Å². The summed E-state index contributed by atoms with van der Waals surface area (Å²) in [7, 11) is 0. The van der Waals surface area contributed by atoms with Crippen molar-refractivity contribution in [3.05, 3.63) is 0 Å². The van der Waals surface area contributed by atoms with Crippen molar-refractivity contribution >= 4 is 48.6 Å². The summed E-state index contributed by atoms with van der Waals surface area (Å²) in [6, 6.07) is -0.985. The van der Waals surface area contributed by atoms with Crippen molar-refractivity contribution in [1.29, 1.82) is 5.41 Å². The molecule has 1 saturated heterocycles. The highest BCUT2D eigenvalue weighted by molar-refractivity contribution is 5.90.